The number of aliphatic hydroxyl groups excluding tert-OH is 10. The molecule has 0 radical (unpaired) electrons. The van der Waals surface area contributed by atoms with E-state index in [1.54, 1.807) is 20.8 Å². The summed E-state index contributed by atoms with van der Waals surface area (Å²) in [5.41, 5.74) is -0.567. The molecule has 1 unspecified atom stereocenters. The molecule has 15 nitrogen and oxygen atoms in total. The molecule has 0 aliphatic rings. The molecule has 0 aromatic carbocycles. The molecule has 0 saturated carbocycles. The van der Waals surface area contributed by atoms with Crippen LogP contribution in [0.25, 0.3) is 0 Å². The summed E-state index contributed by atoms with van der Waals surface area (Å²) in [6.07, 6.45) is -14.3. The molecule has 36 heavy (non-hydrogen) atoms. The summed E-state index contributed by atoms with van der Waals surface area (Å²) in [7, 11) is 0. The minimum Gasteiger partial charge on any atom is -0.394 e. The molecule has 2 amide bonds. The molecular weight excluding hydrogens is 486 g/mol. The van der Waals surface area contributed by atoms with E-state index in [1.165, 1.54) is 0 Å². The topological polar surface area (TPSA) is 273 Å². The molecule has 0 aromatic heterocycles. The van der Waals surface area contributed by atoms with Gasteiger partial charge in [0.2, 0.25) is 11.8 Å². The average molecular weight is 530 g/mol. The van der Waals surface area contributed by atoms with Gasteiger partial charge >= 0.3 is 0 Å². The van der Waals surface area contributed by atoms with E-state index < -0.39 is 98.5 Å². The average Bonchev–Trinajstić information content (AvgIpc) is 2.84. The second-order valence-electron chi connectivity index (χ2n) is 9.63. The number of hydrogen-bond acceptors (Lipinski definition) is 13. The fourth-order valence-corrected chi connectivity index (χ4v) is 3.07. The molecule has 0 aromatic rings. The number of aliphatic hydroxyl groups is 10. The Morgan fingerprint density at radius 2 is 1.06 bits per heavy atom. The maximum atomic E-state index is 12.6. The van der Waals surface area contributed by atoms with Gasteiger partial charge in [0.15, 0.2) is 0 Å². The molecule has 13 N–H and O–H groups in total. The lowest BCUT2D eigenvalue weighted by atomic mass is 10.0. The Kier molecular flexibility index (Phi) is 15.7. The molecule has 0 saturated heterocycles. The molecular formula is C21H43N3O12. The number of rotatable bonds is 17. The first-order valence-electron chi connectivity index (χ1n) is 11.5. The predicted octanol–water partition coefficient (Wildman–Crippen LogP) is -6.37. The van der Waals surface area contributed by atoms with Crippen LogP contribution in [0.15, 0.2) is 0 Å². The van der Waals surface area contributed by atoms with Gasteiger partial charge in [-0.1, -0.05) is 0 Å². The Balaban J connectivity index is 4.88. The van der Waals surface area contributed by atoms with Gasteiger partial charge in [0.05, 0.1) is 31.5 Å². The number of amides is 2. The second kappa shape index (κ2) is 16.4. The Morgan fingerprint density at radius 1 is 0.667 bits per heavy atom. The van der Waals surface area contributed by atoms with Crippen molar-refractivity contribution in [3.63, 3.8) is 0 Å². The van der Waals surface area contributed by atoms with Gasteiger partial charge in [-0.05, 0) is 27.2 Å². The normalized spacial score (nSPS) is 19.8. The van der Waals surface area contributed by atoms with Crippen molar-refractivity contribution in [2.24, 2.45) is 0 Å². The molecule has 0 spiro atoms. The van der Waals surface area contributed by atoms with Crippen LogP contribution in [0.2, 0.25) is 0 Å². The zero-order valence-electron chi connectivity index (χ0n) is 20.7. The van der Waals surface area contributed by atoms with Gasteiger partial charge in [-0.3, -0.25) is 9.59 Å². The second-order valence-corrected chi connectivity index (χ2v) is 9.63. The van der Waals surface area contributed by atoms with Crippen LogP contribution in [-0.4, -0.2) is 150 Å². The van der Waals surface area contributed by atoms with E-state index >= 15 is 0 Å². The SMILES string of the molecule is CC(C)(C)NC(CCC(=O)NC[C@H](O)[C@@H](O)[C@H](O)[C@H](O)CO)C(=O)NC[C@H](O)[C@@H](O)[C@H](O)[C@H](O)CO. The van der Waals surface area contributed by atoms with E-state index in [-0.39, 0.29) is 12.8 Å². The van der Waals surface area contributed by atoms with Crippen molar-refractivity contribution >= 4 is 11.8 Å². The van der Waals surface area contributed by atoms with Crippen molar-refractivity contribution in [3.05, 3.63) is 0 Å². The largest absolute Gasteiger partial charge is 0.394 e. The van der Waals surface area contributed by atoms with Crippen molar-refractivity contribution in [3.8, 4) is 0 Å². The molecule has 0 fully saturated rings. The van der Waals surface area contributed by atoms with Crippen LogP contribution in [0.3, 0.4) is 0 Å². The van der Waals surface area contributed by atoms with Gasteiger partial charge in [-0.25, -0.2) is 0 Å². The molecule has 0 rings (SSSR count). The maximum absolute atomic E-state index is 12.6. The van der Waals surface area contributed by atoms with Gasteiger partial charge < -0.3 is 67.0 Å². The van der Waals surface area contributed by atoms with Crippen molar-refractivity contribution in [2.45, 2.75) is 94.0 Å². The summed E-state index contributed by atoms with van der Waals surface area (Å²) in [6.45, 7) is 2.62. The summed E-state index contributed by atoms with van der Waals surface area (Å²) >= 11 is 0. The quantitative estimate of drug-likeness (QED) is 0.0836. The van der Waals surface area contributed by atoms with E-state index in [0.29, 0.717) is 0 Å². The zero-order valence-corrected chi connectivity index (χ0v) is 20.7. The Labute approximate surface area is 209 Å². The predicted molar refractivity (Wildman–Crippen MR) is 124 cm³/mol. The van der Waals surface area contributed by atoms with E-state index in [0.717, 1.165) is 0 Å². The summed E-state index contributed by atoms with van der Waals surface area (Å²) in [5.74, 6) is -1.25. The zero-order chi connectivity index (χ0) is 28.2. The lowest BCUT2D eigenvalue weighted by Gasteiger charge is -2.29. The van der Waals surface area contributed by atoms with Crippen LogP contribution in [0.1, 0.15) is 33.6 Å². The summed E-state index contributed by atoms with van der Waals surface area (Å²) < 4.78 is 0. The Morgan fingerprint density at radius 3 is 1.44 bits per heavy atom. The Hall–Kier alpha value is -1.50. The molecule has 9 atom stereocenters. The number of hydrogen-bond donors (Lipinski definition) is 13. The fraction of sp³-hybridized carbons (Fsp3) is 0.905. The highest BCUT2D eigenvalue weighted by Crippen LogP contribution is 2.09. The third-order valence-corrected chi connectivity index (χ3v) is 5.23. The summed E-state index contributed by atoms with van der Waals surface area (Å²) in [6, 6.07) is -0.940. The summed E-state index contributed by atoms with van der Waals surface area (Å²) in [5, 5.41) is 103. The monoisotopic (exact) mass is 529 g/mol. The standard InChI is InChI=1S/C21H43N3O12/c1-21(2,3)24-10(20(36)23-7-12(28)17(33)19(35)14(30)9-26)4-5-15(31)22-6-11(27)16(32)18(34)13(29)8-25/h10-14,16-19,24-30,32-35H,4-9H2,1-3H3,(H,22,31)(H,23,36)/t10?,11-,12-,13+,14+,16+,17+,18+,19+/m0/s1. The van der Waals surface area contributed by atoms with E-state index in [2.05, 4.69) is 16.0 Å². The molecule has 0 heterocycles. The maximum Gasteiger partial charge on any atom is 0.237 e. The molecule has 15 heteroatoms. The number of carbonyl (C=O) groups is 2. The highest BCUT2D eigenvalue weighted by Gasteiger charge is 2.32. The van der Waals surface area contributed by atoms with Crippen molar-refractivity contribution in [2.75, 3.05) is 26.3 Å². The van der Waals surface area contributed by atoms with Gasteiger partial charge in [-0.15, -0.1) is 0 Å². The smallest absolute Gasteiger partial charge is 0.237 e. The van der Waals surface area contributed by atoms with Crippen molar-refractivity contribution < 1.29 is 60.7 Å². The Bertz CT molecular complexity index is 650. The number of carbonyl (C=O) groups excluding carboxylic acids is 2. The van der Waals surface area contributed by atoms with Gasteiger partial charge in [-0.2, -0.15) is 0 Å². The van der Waals surface area contributed by atoms with Crippen LogP contribution >= 0.6 is 0 Å². The first-order chi connectivity index (χ1) is 16.5. The summed E-state index contributed by atoms with van der Waals surface area (Å²) in [4.78, 5) is 24.8. The van der Waals surface area contributed by atoms with Crippen LogP contribution in [0, 0.1) is 0 Å². The minimum atomic E-state index is -1.86. The molecule has 0 aliphatic carbocycles. The van der Waals surface area contributed by atoms with Gasteiger partial charge in [0, 0.05) is 25.0 Å². The highest BCUT2D eigenvalue weighted by atomic mass is 16.4. The highest BCUT2D eigenvalue weighted by molar-refractivity contribution is 5.83. The fourth-order valence-electron chi connectivity index (χ4n) is 3.07. The van der Waals surface area contributed by atoms with Crippen LogP contribution in [0.4, 0.5) is 0 Å². The minimum absolute atomic E-state index is 0.0378. The van der Waals surface area contributed by atoms with E-state index in [9.17, 15) is 50.4 Å². The van der Waals surface area contributed by atoms with Crippen LogP contribution < -0.4 is 16.0 Å². The van der Waals surface area contributed by atoms with Crippen LogP contribution in [-0.2, 0) is 9.59 Å². The molecule has 214 valence electrons. The molecule has 0 bridgehead atoms. The first kappa shape index (κ1) is 34.5. The van der Waals surface area contributed by atoms with Gasteiger partial charge in [0.25, 0.3) is 0 Å². The number of nitrogens with one attached hydrogen (secondary N) is 3. The third kappa shape index (κ3) is 12.6. The third-order valence-electron chi connectivity index (χ3n) is 5.23. The van der Waals surface area contributed by atoms with Crippen LogP contribution in [0.5, 0.6) is 0 Å². The lowest BCUT2D eigenvalue weighted by molar-refractivity contribution is -0.129. The van der Waals surface area contributed by atoms with Crippen molar-refractivity contribution in [1.82, 2.24) is 16.0 Å². The first-order valence-corrected chi connectivity index (χ1v) is 11.5. The van der Waals surface area contributed by atoms with E-state index in [4.69, 9.17) is 10.2 Å². The van der Waals surface area contributed by atoms with Gasteiger partial charge in [0.1, 0.15) is 36.6 Å². The van der Waals surface area contributed by atoms with Crippen molar-refractivity contribution in [1.29, 1.82) is 0 Å². The molecule has 0 aliphatic heterocycles. The van der Waals surface area contributed by atoms with E-state index in [1.807, 2.05) is 0 Å². The lowest BCUT2D eigenvalue weighted by Crippen LogP contribution is -2.55.